The molecular formula is C24H66N4Si6. The highest BCUT2D eigenvalue weighted by atomic mass is 28.5. The maximum absolute atomic E-state index is 4.16. The monoisotopic (exact) mass is 578 g/mol. The van der Waals surface area contributed by atoms with E-state index in [9.17, 15) is 0 Å². The standard InChI is InChI=1S/C24H66N4Si6/c1-23(2,3)31(13,14)27(29(7,8)9)33(17,18)25-21-22-26-34(19,20)28(30(10,11)12)32(15,16)24(4,5)6/h25-26H,21-22H2,1-20H3. The van der Waals surface area contributed by atoms with Crippen molar-refractivity contribution in [1.82, 2.24) is 17.8 Å². The Hall–Kier alpha value is 1.14. The van der Waals surface area contributed by atoms with E-state index in [1.807, 2.05) is 0 Å². The molecule has 0 heterocycles. The number of hydrogen-bond donors (Lipinski definition) is 2. The zero-order valence-electron chi connectivity index (χ0n) is 27.3. The van der Waals surface area contributed by atoms with Crippen molar-refractivity contribution in [1.29, 1.82) is 0 Å². The van der Waals surface area contributed by atoms with Crippen LogP contribution >= 0.6 is 0 Å². The molecule has 0 bridgehead atoms. The second-order valence-electron chi connectivity index (χ2n) is 16.6. The minimum Gasteiger partial charge on any atom is -0.356 e. The lowest BCUT2D eigenvalue weighted by Crippen LogP contribution is -2.79. The van der Waals surface area contributed by atoms with E-state index < -0.39 is 49.7 Å². The highest BCUT2D eigenvalue weighted by Gasteiger charge is 2.53. The summed E-state index contributed by atoms with van der Waals surface area (Å²) in [7, 11) is -9.65. The SMILES string of the molecule is CC(C)(C)[Si](C)(C)N([Si](C)(C)C)[Si](C)(C)NCCN[Si](C)(C)N([Si](C)(C)C)[Si](C)(C)C(C)(C)C. The predicted octanol–water partition coefficient (Wildman–Crippen LogP) is 7.85. The van der Waals surface area contributed by atoms with Crippen LogP contribution in [0.3, 0.4) is 0 Å². The smallest absolute Gasteiger partial charge is 0.184 e. The molecule has 2 N–H and O–H groups in total. The first-order chi connectivity index (χ1) is 14.4. The van der Waals surface area contributed by atoms with E-state index in [2.05, 4.69) is 151 Å². The van der Waals surface area contributed by atoms with Gasteiger partial charge in [-0.3, -0.25) is 0 Å². The van der Waals surface area contributed by atoms with Crippen LogP contribution in [0.25, 0.3) is 0 Å². The van der Waals surface area contributed by atoms with Crippen molar-refractivity contribution in [2.24, 2.45) is 0 Å². The second-order valence-corrected chi connectivity index (χ2v) is 46.8. The summed E-state index contributed by atoms with van der Waals surface area (Å²) in [5, 5.41) is 0.737. The largest absolute Gasteiger partial charge is 0.356 e. The fraction of sp³-hybridized carbons (Fsp3) is 1.00. The molecule has 10 heteroatoms. The van der Waals surface area contributed by atoms with Gasteiger partial charge in [0.15, 0.2) is 16.8 Å². The molecule has 0 unspecified atom stereocenters. The van der Waals surface area contributed by atoms with Gasteiger partial charge < -0.3 is 17.8 Å². The fourth-order valence-corrected chi connectivity index (χ4v) is 52.4. The zero-order valence-corrected chi connectivity index (χ0v) is 33.3. The maximum Gasteiger partial charge on any atom is 0.184 e. The molecular weight excluding hydrogens is 513 g/mol. The van der Waals surface area contributed by atoms with Gasteiger partial charge in [-0.1, -0.05) is 107 Å². The molecule has 0 fully saturated rings. The summed E-state index contributed by atoms with van der Waals surface area (Å²) in [5.74, 6) is 0. The maximum atomic E-state index is 4.16. The van der Waals surface area contributed by atoms with Gasteiger partial charge in [-0.05, 0) is 36.3 Å². The summed E-state index contributed by atoms with van der Waals surface area (Å²) >= 11 is 0. The predicted molar refractivity (Wildman–Crippen MR) is 176 cm³/mol. The Morgan fingerprint density at radius 2 is 0.647 bits per heavy atom. The lowest BCUT2D eigenvalue weighted by Gasteiger charge is -2.59. The summed E-state index contributed by atoms with van der Waals surface area (Å²) in [4.78, 5) is 8.32. The first-order valence-electron chi connectivity index (χ1n) is 13.5. The van der Waals surface area contributed by atoms with Gasteiger partial charge in [0.2, 0.25) is 0 Å². The molecule has 0 amide bonds. The zero-order chi connectivity index (χ0) is 28.0. The van der Waals surface area contributed by atoms with Gasteiger partial charge in [-0.15, -0.1) is 0 Å². The number of hydrogen-bond acceptors (Lipinski definition) is 4. The van der Waals surface area contributed by atoms with Crippen LogP contribution in [0.4, 0.5) is 0 Å². The van der Waals surface area contributed by atoms with Crippen LogP contribution in [0.1, 0.15) is 41.5 Å². The van der Waals surface area contributed by atoms with Crippen LogP contribution in [0.15, 0.2) is 0 Å². The van der Waals surface area contributed by atoms with Crippen molar-refractivity contribution in [3.8, 4) is 0 Å². The third-order valence-corrected chi connectivity index (χ3v) is 46.7. The van der Waals surface area contributed by atoms with E-state index in [0.29, 0.717) is 10.1 Å². The molecule has 0 atom stereocenters. The van der Waals surface area contributed by atoms with Gasteiger partial charge >= 0.3 is 0 Å². The van der Waals surface area contributed by atoms with Gasteiger partial charge in [-0.2, -0.15) is 0 Å². The van der Waals surface area contributed by atoms with Crippen molar-refractivity contribution < 1.29 is 0 Å². The number of nitrogens with one attached hydrogen (secondary N) is 2. The molecule has 4 nitrogen and oxygen atoms in total. The molecule has 0 aromatic rings. The normalized spacial score (nSPS) is 16.1. The van der Waals surface area contributed by atoms with Gasteiger partial charge in [-0.25, -0.2) is 0 Å². The Kier molecular flexibility index (Phi) is 11.1. The second kappa shape index (κ2) is 10.7. The van der Waals surface area contributed by atoms with Crippen LogP contribution in [-0.4, -0.2) is 70.6 Å². The Morgan fingerprint density at radius 3 is 0.794 bits per heavy atom. The van der Waals surface area contributed by atoms with Crippen LogP contribution in [0, 0.1) is 0 Å². The molecule has 0 aromatic heterocycles. The molecule has 0 aromatic carbocycles. The molecule has 0 radical (unpaired) electrons. The quantitative estimate of drug-likeness (QED) is 0.193. The van der Waals surface area contributed by atoms with Gasteiger partial charge in [0.1, 0.15) is 32.9 Å². The molecule has 206 valence electrons. The van der Waals surface area contributed by atoms with Crippen molar-refractivity contribution in [3.63, 3.8) is 0 Å². The number of nitrogens with zero attached hydrogens (tertiary/aromatic N) is 2. The van der Waals surface area contributed by atoms with Gasteiger partial charge in [0.25, 0.3) is 0 Å². The van der Waals surface area contributed by atoms with E-state index in [4.69, 9.17) is 0 Å². The summed E-state index contributed by atoms with van der Waals surface area (Å²) in [6, 6.07) is 0. The van der Waals surface area contributed by atoms with Crippen molar-refractivity contribution in [2.45, 2.75) is 143 Å². The molecule has 0 spiro atoms. The summed E-state index contributed by atoms with van der Waals surface area (Å²) in [5.41, 5.74) is 0. The molecule has 0 aliphatic heterocycles. The Bertz CT molecular complexity index is 607. The van der Waals surface area contributed by atoms with Crippen molar-refractivity contribution >= 4 is 49.7 Å². The van der Waals surface area contributed by atoms with Gasteiger partial charge in [0.05, 0.1) is 0 Å². The van der Waals surface area contributed by atoms with Crippen LogP contribution in [-0.2, 0) is 0 Å². The highest BCUT2D eigenvalue weighted by molar-refractivity contribution is 7.05. The summed E-state index contributed by atoms with van der Waals surface area (Å²) < 4.78 is 6.22. The van der Waals surface area contributed by atoms with E-state index in [0.717, 1.165) is 13.1 Å². The lowest BCUT2D eigenvalue weighted by molar-refractivity contribution is 0.642. The first-order valence-corrected chi connectivity index (χ1v) is 32.2. The molecule has 0 saturated carbocycles. The molecule has 0 aliphatic carbocycles. The van der Waals surface area contributed by atoms with Crippen LogP contribution in [0.5, 0.6) is 0 Å². The average molecular weight is 579 g/mol. The fourth-order valence-electron chi connectivity index (χ4n) is 6.32. The van der Waals surface area contributed by atoms with Gasteiger partial charge in [0, 0.05) is 13.1 Å². The minimum absolute atomic E-state index is 0.368. The minimum atomic E-state index is -1.75. The lowest BCUT2D eigenvalue weighted by atomic mass is 10.2. The Morgan fingerprint density at radius 1 is 0.441 bits per heavy atom. The first kappa shape index (κ1) is 35.1. The van der Waals surface area contributed by atoms with Crippen LogP contribution < -0.4 is 9.96 Å². The topological polar surface area (TPSA) is 30.5 Å². The van der Waals surface area contributed by atoms with E-state index in [1.54, 1.807) is 0 Å². The van der Waals surface area contributed by atoms with E-state index in [1.165, 1.54) is 0 Å². The molecule has 0 aliphatic rings. The molecule has 0 rings (SSSR count). The highest BCUT2D eigenvalue weighted by Crippen LogP contribution is 2.43. The molecule has 34 heavy (non-hydrogen) atoms. The third-order valence-electron chi connectivity index (χ3n) is 8.49. The number of rotatable bonds is 11. The van der Waals surface area contributed by atoms with Crippen LogP contribution in [0.2, 0.25) is 102 Å². The van der Waals surface area contributed by atoms with E-state index in [-0.39, 0.29) is 0 Å². The summed E-state index contributed by atoms with van der Waals surface area (Å²) in [6.45, 7) is 53.0. The Balaban J connectivity index is 5.73. The average Bonchev–Trinajstić information content (AvgIpc) is 2.44. The molecule has 0 saturated heterocycles. The Labute approximate surface area is 223 Å². The van der Waals surface area contributed by atoms with Crippen molar-refractivity contribution in [3.05, 3.63) is 0 Å². The summed E-state index contributed by atoms with van der Waals surface area (Å²) in [6.07, 6.45) is 0. The third kappa shape index (κ3) is 8.32. The van der Waals surface area contributed by atoms with E-state index >= 15 is 0 Å². The van der Waals surface area contributed by atoms with Crippen molar-refractivity contribution in [2.75, 3.05) is 13.1 Å².